The summed E-state index contributed by atoms with van der Waals surface area (Å²) in [7, 11) is 1.72. The van der Waals surface area contributed by atoms with E-state index in [0.29, 0.717) is 19.1 Å². The van der Waals surface area contributed by atoms with Gasteiger partial charge in [0.15, 0.2) is 0 Å². The standard InChI is InChI=1S/C11H20N2O3/c1-13(6-10(14)8-2-3-8)11(15)12-9-4-5-16-7-9/h8-10,14H,2-7H2,1H3,(H,12,15). The Morgan fingerprint density at radius 2 is 2.31 bits per heavy atom. The van der Waals surface area contributed by atoms with E-state index < -0.39 is 0 Å². The highest BCUT2D eigenvalue weighted by Gasteiger charge is 2.31. The van der Waals surface area contributed by atoms with E-state index in [1.54, 1.807) is 11.9 Å². The van der Waals surface area contributed by atoms with Gasteiger partial charge in [-0.3, -0.25) is 0 Å². The molecule has 2 aliphatic rings. The first-order chi connectivity index (χ1) is 7.66. The van der Waals surface area contributed by atoms with Crippen molar-refractivity contribution >= 4 is 6.03 Å². The number of hydrogen-bond donors (Lipinski definition) is 2. The highest BCUT2D eigenvalue weighted by Crippen LogP contribution is 2.32. The Morgan fingerprint density at radius 3 is 2.88 bits per heavy atom. The molecule has 2 amide bonds. The molecule has 2 unspecified atom stereocenters. The van der Waals surface area contributed by atoms with Gasteiger partial charge in [-0.15, -0.1) is 0 Å². The Balaban J connectivity index is 1.70. The van der Waals surface area contributed by atoms with Crippen molar-refractivity contribution < 1.29 is 14.6 Å². The summed E-state index contributed by atoms with van der Waals surface area (Å²) in [5, 5.41) is 12.6. The van der Waals surface area contributed by atoms with Crippen molar-refractivity contribution in [2.75, 3.05) is 26.8 Å². The van der Waals surface area contributed by atoms with Crippen LogP contribution in [0.3, 0.4) is 0 Å². The number of aliphatic hydroxyl groups excluding tert-OH is 1. The minimum Gasteiger partial charge on any atom is -0.391 e. The van der Waals surface area contributed by atoms with E-state index in [-0.39, 0.29) is 18.2 Å². The molecule has 0 radical (unpaired) electrons. The van der Waals surface area contributed by atoms with Gasteiger partial charge < -0.3 is 20.1 Å². The highest BCUT2D eigenvalue weighted by atomic mass is 16.5. The third kappa shape index (κ3) is 3.09. The lowest BCUT2D eigenvalue weighted by Gasteiger charge is -2.22. The molecule has 2 rings (SSSR count). The minimum absolute atomic E-state index is 0.116. The fourth-order valence-corrected chi connectivity index (χ4v) is 1.93. The van der Waals surface area contributed by atoms with Crippen LogP contribution >= 0.6 is 0 Å². The van der Waals surface area contributed by atoms with Crippen LogP contribution in [-0.2, 0) is 4.74 Å². The molecule has 2 N–H and O–H groups in total. The molecule has 1 aliphatic carbocycles. The Morgan fingerprint density at radius 1 is 1.56 bits per heavy atom. The topological polar surface area (TPSA) is 61.8 Å². The quantitative estimate of drug-likeness (QED) is 0.722. The van der Waals surface area contributed by atoms with Gasteiger partial charge in [0.25, 0.3) is 0 Å². The van der Waals surface area contributed by atoms with Crippen LogP contribution in [0.5, 0.6) is 0 Å². The van der Waals surface area contributed by atoms with Crippen molar-refractivity contribution in [3.05, 3.63) is 0 Å². The summed E-state index contributed by atoms with van der Waals surface area (Å²) >= 11 is 0. The summed E-state index contributed by atoms with van der Waals surface area (Å²) in [6.45, 7) is 1.74. The van der Waals surface area contributed by atoms with Crippen LogP contribution < -0.4 is 5.32 Å². The van der Waals surface area contributed by atoms with Crippen LogP contribution in [0.2, 0.25) is 0 Å². The van der Waals surface area contributed by atoms with Crippen LogP contribution in [0.4, 0.5) is 4.79 Å². The van der Waals surface area contributed by atoms with Gasteiger partial charge in [0, 0.05) is 20.2 Å². The molecular weight excluding hydrogens is 208 g/mol. The second-order valence-corrected chi connectivity index (χ2v) is 4.80. The van der Waals surface area contributed by atoms with E-state index in [2.05, 4.69) is 5.32 Å². The summed E-state index contributed by atoms with van der Waals surface area (Å²) < 4.78 is 5.18. The van der Waals surface area contributed by atoms with Gasteiger partial charge in [-0.05, 0) is 25.2 Å². The molecule has 0 spiro atoms. The van der Waals surface area contributed by atoms with Crippen molar-refractivity contribution in [2.45, 2.75) is 31.4 Å². The van der Waals surface area contributed by atoms with Gasteiger partial charge in [-0.25, -0.2) is 4.79 Å². The molecule has 2 atom stereocenters. The molecule has 0 aromatic heterocycles. The number of amides is 2. The lowest BCUT2D eigenvalue weighted by molar-refractivity contribution is 0.112. The fourth-order valence-electron chi connectivity index (χ4n) is 1.93. The Bertz CT molecular complexity index is 250. The highest BCUT2D eigenvalue weighted by molar-refractivity contribution is 5.74. The number of ether oxygens (including phenoxy) is 1. The van der Waals surface area contributed by atoms with E-state index in [4.69, 9.17) is 4.74 Å². The zero-order chi connectivity index (χ0) is 11.5. The number of nitrogens with zero attached hydrogens (tertiary/aromatic N) is 1. The summed E-state index contributed by atoms with van der Waals surface area (Å²) in [6.07, 6.45) is 2.70. The van der Waals surface area contributed by atoms with E-state index in [1.165, 1.54) is 0 Å². The first-order valence-electron chi connectivity index (χ1n) is 5.94. The summed E-state index contributed by atoms with van der Waals surface area (Å²) in [5.74, 6) is 0.407. The molecule has 0 aromatic carbocycles. The molecule has 0 bridgehead atoms. The molecule has 1 heterocycles. The fraction of sp³-hybridized carbons (Fsp3) is 0.909. The lowest BCUT2D eigenvalue weighted by atomic mass is 10.2. The van der Waals surface area contributed by atoms with Gasteiger partial charge in [0.05, 0.1) is 18.8 Å². The van der Waals surface area contributed by atoms with E-state index in [9.17, 15) is 9.90 Å². The molecule has 2 fully saturated rings. The number of carbonyl (C=O) groups is 1. The van der Waals surface area contributed by atoms with Crippen molar-refractivity contribution in [1.82, 2.24) is 10.2 Å². The van der Waals surface area contributed by atoms with Crippen LogP contribution in [0.15, 0.2) is 0 Å². The molecule has 16 heavy (non-hydrogen) atoms. The average Bonchev–Trinajstić information content (AvgIpc) is 2.98. The monoisotopic (exact) mass is 228 g/mol. The second kappa shape index (κ2) is 5.01. The molecule has 1 aliphatic heterocycles. The third-order valence-corrected chi connectivity index (χ3v) is 3.23. The number of aliphatic hydroxyl groups is 1. The van der Waals surface area contributed by atoms with Gasteiger partial charge in [0.2, 0.25) is 0 Å². The molecule has 1 saturated carbocycles. The summed E-state index contributed by atoms with van der Waals surface area (Å²) in [4.78, 5) is 13.3. The lowest BCUT2D eigenvalue weighted by Crippen LogP contribution is -2.46. The SMILES string of the molecule is CN(CC(O)C1CC1)C(=O)NC1CCOC1. The zero-order valence-corrected chi connectivity index (χ0v) is 9.69. The van der Waals surface area contributed by atoms with Gasteiger partial charge in [-0.1, -0.05) is 0 Å². The van der Waals surface area contributed by atoms with Gasteiger partial charge in [-0.2, -0.15) is 0 Å². The van der Waals surface area contributed by atoms with E-state index >= 15 is 0 Å². The Kier molecular flexibility index (Phi) is 3.66. The van der Waals surface area contributed by atoms with Gasteiger partial charge in [0.1, 0.15) is 0 Å². The molecular formula is C11H20N2O3. The average molecular weight is 228 g/mol. The summed E-state index contributed by atoms with van der Waals surface area (Å²) in [6, 6.07) is 0.0169. The maximum atomic E-state index is 11.7. The second-order valence-electron chi connectivity index (χ2n) is 4.80. The largest absolute Gasteiger partial charge is 0.391 e. The number of urea groups is 1. The van der Waals surface area contributed by atoms with Crippen molar-refractivity contribution in [3.8, 4) is 0 Å². The number of nitrogens with one attached hydrogen (secondary N) is 1. The third-order valence-electron chi connectivity index (χ3n) is 3.23. The maximum Gasteiger partial charge on any atom is 0.317 e. The molecule has 92 valence electrons. The number of rotatable bonds is 4. The molecule has 0 aromatic rings. The number of carbonyl (C=O) groups excluding carboxylic acids is 1. The minimum atomic E-state index is -0.365. The smallest absolute Gasteiger partial charge is 0.317 e. The molecule has 1 saturated heterocycles. The van der Waals surface area contributed by atoms with Crippen LogP contribution in [0.25, 0.3) is 0 Å². The number of likely N-dealkylation sites (N-methyl/N-ethyl adjacent to an activating group) is 1. The molecule has 5 nitrogen and oxygen atoms in total. The Hall–Kier alpha value is -0.810. The van der Waals surface area contributed by atoms with Crippen molar-refractivity contribution in [1.29, 1.82) is 0 Å². The van der Waals surface area contributed by atoms with Crippen LogP contribution in [0.1, 0.15) is 19.3 Å². The summed E-state index contributed by atoms with van der Waals surface area (Å²) in [5.41, 5.74) is 0. The first-order valence-corrected chi connectivity index (χ1v) is 5.94. The van der Waals surface area contributed by atoms with E-state index in [1.807, 2.05) is 0 Å². The van der Waals surface area contributed by atoms with Gasteiger partial charge >= 0.3 is 6.03 Å². The van der Waals surface area contributed by atoms with Crippen LogP contribution in [0, 0.1) is 5.92 Å². The Labute approximate surface area is 95.8 Å². The van der Waals surface area contributed by atoms with Crippen molar-refractivity contribution in [3.63, 3.8) is 0 Å². The van der Waals surface area contributed by atoms with E-state index in [0.717, 1.165) is 25.9 Å². The number of hydrogen-bond acceptors (Lipinski definition) is 3. The first kappa shape index (κ1) is 11.7. The predicted octanol–water partition coefficient (Wildman–Crippen LogP) is 0.188. The van der Waals surface area contributed by atoms with Crippen LogP contribution in [-0.4, -0.2) is 55.0 Å². The predicted molar refractivity (Wildman–Crippen MR) is 59.1 cm³/mol. The maximum absolute atomic E-state index is 11.7. The van der Waals surface area contributed by atoms with Crippen molar-refractivity contribution in [2.24, 2.45) is 5.92 Å². The molecule has 5 heteroatoms. The zero-order valence-electron chi connectivity index (χ0n) is 9.69. The normalized spacial score (nSPS) is 26.5.